The van der Waals surface area contributed by atoms with Crippen molar-refractivity contribution < 1.29 is 4.74 Å². The van der Waals surface area contributed by atoms with Crippen molar-refractivity contribution >= 4 is 26.7 Å². The first-order chi connectivity index (χ1) is 14.8. The molecule has 0 aromatic heterocycles. The number of ether oxygens (including phenoxy) is 1. The van der Waals surface area contributed by atoms with Gasteiger partial charge in [-0.25, -0.2) is 0 Å². The van der Waals surface area contributed by atoms with Crippen LogP contribution in [0.1, 0.15) is 56.9 Å². The molecule has 2 nitrogen and oxygen atoms in total. The number of hydrogen-bond acceptors (Lipinski definition) is 2. The van der Waals surface area contributed by atoms with Gasteiger partial charge in [0.1, 0.15) is 5.75 Å². The molecule has 0 unspecified atom stereocenters. The summed E-state index contributed by atoms with van der Waals surface area (Å²) in [7, 11) is 0. The van der Waals surface area contributed by atoms with E-state index in [1.54, 1.807) is 0 Å². The summed E-state index contributed by atoms with van der Waals surface area (Å²) in [6.07, 6.45) is 10.4. The summed E-state index contributed by atoms with van der Waals surface area (Å²) >= 11 is 3.52. The maximum Gasteiger partial charge on any atom is 0.119 e. The fourth-order valence-electron chi connectivity index (χ4n) is 3.72. The Morgan fingerprint density at radius 2 is 1.33 bits per heavy atom. The number of hydrogen-bond donors (Lipinski definition) is 1. The van der Waals surface area contributed by atoms with Crippen LogP contribution in [0.4, 0.5) is 0 Å². The molecule has 3 aromatic rings. The molecule has 30 heavy (non-hydrogen) atoms. The first-order valence-electron chi connectivity index (χ1n) is 11.4. The standard InChI is InChI=1S/C27H34BrNO/c28-26-16-14-25-21-27(17-15-24(25)20-26)30-19-11-6-4-2-1-3-5-10-18-29-22-23-12-8-7-9-13-23/h7-9,12-17,20-21,29H,1-6,10-11,18-19,22H2. The van der Waals surface area contributed by atoms with Crippen LogP contribution in [0.25, 0.3) is 10.8 Å². The highest BCUT2D eigenvalue weighted by atomic mass is 79.9. The molecule has 0 bridgehead atoms. The summed E-state index contributed by atoms with van der Waals surface area (Å²) in [6, 6.07) is 23.3. The van der Waals surface area contributed by atoms with E-state index in [1.807, 2.05) is 0 Å². The van der Waals surface area contributed by atoms with Crippen molar-refractivity contribution in [2.75, 3.05) is 13.2 Å². The number of rotatable bonds is 14. The molecule has 0 radical (unpaired) electrons. The lowest BCUT2D eigenvalue weighted by atomic mass is 10.1. The van der Waals surface area contributed by atoms with Crippen LogP contribution in [-0.2, 0) is 6.54 Å². The van der Waals surface area contributed by atoms with Gasteiger partial charge in [0.05, 0.1) is 6.61 Å². The lowest BCUT2D eigenvalue weighted by Crippen LogP contribution is -2.14. The van der Waals surface area contributed by atoms with Gasteiger partial charge in [-0.3, -0.25) is 0 Å². The topological polar surface area (TPSA) is 21.3 Å². The maximum atomic E-state index is 5.94. The number of halogens is 1. The van der Waals surface area contributed by atoms with E-state index in [2.05, 4.69) is 88.0 Å². The van der Waals surface area contributed by atoms with Crippen molar-refractivity contribution in [3.8, 4) is 5.75 Å². The predicted octanol–water partition coefficient (Wildman–Crippen LogP) is 7.89. The Bertz CT molecular complexity index is 865. The molecule has 160 valence electrons. The second-order valence-electron chi connectivity index (χ2n) is 7.99. The highest BCUT2D eigenvalue weighted by molar-refractivity contribution is 9.10. The van der Waals surface area contributed by atoms with Gasteiger partial charge in [0.25, 0.3) is 0 Å². The zero-order chi connectivity index (χ0) is 20.9. The molecule has 3 heteroatoms. The lowest BCUT2D eigenvalue weighted by Gasteiger charge is -2.08. The van der Waals surface area contributed by atoms with Crippen LogP contribution in [0, 0.1) is 0 Å². The second kappa shape index (κ2) is 13.5. The minimum atomic E-state index is 0.815. The Morgan fingerprint density at radius 3 is 2.13 bits per heavy atom. The number of fused-ring (bicyclic) bond motifs is 1. The average Bonchev–Trinajstić information content (AvgIpc) is 2.77. The molecule has 0 aliphatic rings. The van der Waals surface area contributed by atoms with Gasteiger partial charge in [0.15, 0.2) is 0 Å². The summed E-state index contributed by atoms with van der Waals surface area (Å²) in [5, 5.41) is 6.00. The number of benzene rings is 3. The molecule has 3 aromatic carbocycles. The van der Waals surface area contributed by atoms with Crippen LogP contribution >= 0.6 is 15.9 Å². The van der Waals surface area contributed by atoms with Crippen LogP contribution < -0.4 is 10.1 Å². The van der Waals surface area contributed by atoms with Crippen molar-refractivity contribution in [1.29, 1.82) is 0 Å². The van der Waals surface area contributed by atoms with Crippen molar-refractivity contribution in [3.05, 3.63) is 76.8 Å². The highest BCUT2D eigenvalue weighted by Gasteiger charge is 1.99. The molecular weight excluding hydrogens is 434 g/mol. The lowest BCUT2D eigenvalue weighted by molar-refractivity contribution is 0.304. The fourth-order valence-corrected chi connectivity index (χ4v) is 4.09. The molecule has 0 atom stereocenters. The zero-order valence-electron chi connectivity index (χ0n) is 17.9. The molecule has 0 spiro atoms. The smallest absolute Gasteiger partial charge is 0.119 e. The van der Waals surface area contributed by atoms with Gasteiger partial charge in [-0.2, -0.15) is 0 Å². The average molecular weight is 468 g/mol. The van der Waals surface area contributed by atoms with E-state index in [0.29, 0.717) is 0 Å². The molecule has 0 heterocycles. The van der Waals surface area contributed by atoms with Crippen LogP contribution in [-0.4, -0.2) is 13.2 Å². The Kier molecular flexibility index (Phi) is 10.2. The van der Waals surface area contributed by atoms with E-state index in [0.717, 1.165) is 36.3 Å². The summed E-state index contributed by atoms with van der Waals surface area (Å²) < 4.78 is 7.05. The Balaban J connectivity index is 1.13. The van der Waals surface area contributed by atoms with E-state index >= 15 is 0 Å². The van der Waals surface area contributed by atoms with Gasteiger partial charge in [0, 0.05) is 11.0 Å². The molecule has 3 rings (SSSR count). The van der Waals surface area contributed by atoms with E-state index in [-0.39, 0.29) is 0 Å². The summed E-state index contributed by atoms with van der Waals surface area (Å²) in [5.74, 6) is 0.977. The third-order valence-corrected chi connectivity index (χ3v) is 5.96. The first kappa shape index (κ1) is 22.8. The normalized spacial score (nSPS) is 11.1. The second-order valence-corrected chi connectivity index (χ2v) is 8.91. The van der Waals surface area contributed by atoms with E-state index in [4.69, 9.17) is 4.74 Å². The van der Waals surface area contributed by atoms with Crippen LogP contribution in [0.5, 0.6) is 5.75 Å². The number of nitrogens with one attached hydrogen (secondary N) is 1. The van der Waals surface area contributed by atoms with Crippen molar-refractivity contribution in [3.63, 3.8) is 0 Å². The van der Waals surface area contributed by atoms with E-state index in [1.165, 1.54) is 61.3 Å². The largest absolute Gasteiger partial charge is 0.494 e. The zero-order valence-corrected chi connectivity index (χ0v) is 19.5. The quantitative estimate of drug-likeness (QED) is 0.243. The SMILES string of the molecule is Brc1ccc2cc(OCCCCCCCCCCNCc3ccccc3)ccc2c1. The molecule has 0 fully saturated rings. The summed E-state index contributed by atoms with van der Waals surface area (Å²) in [4.78, 5) is 0. The monoisotopic (exact) mass is 467 g/mol. The van der Waals surface area contributed by atoms with Crippen LogP contribution in [0.3, 0.4) is 0 Å². The first-order valence-corrected chi connectivity index (χ1v) is 12.2. The van der Waals surface area contributed by atoms with Crippen molar-refractivity contribution in [2.24, 2.45) is 0 Å². The Hall–Kier alpha value is -1.84. The van der Waals surface area contributed by atoms with Gasteiger partial charge in [0.2, 0.25) is 0 Å². The highest BCUT2D eigenvalue weighted by Crippen LogP contribution is 2.24. The Morgan fingerprint density at radius 1 is 0.667 bits per heavy atom. The molecule has 0 saturated carbocycles. The van der Waals surface area contributed by atoms with Crippen molar-refractivity contribution in [1.82, 2.24) is 5.32 Å². The maximum absolute atomic E-state index is 5.94. The van der Waals surface area contributed by atoms with Crippen molar-refractivity contribution in [2.45, 2.75) is 57.9 Å². The van der Waals surface area contributed by atoms with Gasteiger partial charge >= 0.3 is 0 Å². The van der Waals surface area contributed by atoms with Gasteiger partial charge in [-0.1, -0.05) is 96.9 Å². The van der Waals surface area contributed by atoms with Gasteiger partial charge < -0.3 is 10.1 Å². The van der Waals surface area contributed by atoms with Crippen LogP contribution in [0.15, 0.2) is 71.2 Å². The molecule has 0 saturated heterocycles. The summed E-state index contributed by atoms with van der Waals surface area (Å²) in [6.45, 7) is 2.92. The molecule has 1 N–H and O–H groups in total. The molecular formula is C27H34BrNO. The molecule has 0 aliphatic carbocycles. The predicted molar refractivity (Wildman–Crippen MR) is 132 cm³/mol. The van der Waals surface area contributed by atoms with Crippen LogP contribution in [0.2, 0.25) is 0 Å². The van der Waals surface area contributed by atoms with Gasteiger partial charge in [-0.15, -0.1) is 0 Å². The van der Waals surface area contributed by atoms with E-state index < -0.39 is 0 Å². The third-order valence-electron chi connectivity index (χ3n) is 5.46. The molecule has 0 amide bonds. The van der Waals surface area contributed by atoms with E-state index in [9.17, 15) is 0 Å². The Labute approximate surface area is 190 Å². The summed E-state index contributed by atoms with van der Waals surface area (Å²) in [5.41, 5.74) is 1.37. The minimum Gasteiger partial charge on any atom is -0.494 e. The number of unbranched alkanes of at least 4 members (excludes halogenated alkanes) is 7. The third kappa shape index (κ3) is 8.49. The molecule has 0 aliphatic heterocycles. The fraction of sp³-hybridized carbons (Fsp3) is 0.407. The minimum absolute atomic E-state index is 0.815. The van der Waals surface area contributed by atoms with Gasteiger partial charge in [-0.05, 0) is 60.0 Å².